The number of hydrogen-bond acceptors (Lipinski definition) is 3. The molecule has 0 unspecified atom stereocenters. The van der Waals surface area contributed by atoms with Crippen LogP contribution in [0.25, 0.3) is 78.0 Å². The Morgan fingerprint density at radius 2 is 0.773 bits per heavy atom. The molecule has 0 spiro atoms. The van der Waals surface area contributed by atoms with Crippen molar-refractivity contribution in [1.82, 2.24) is 24.1 Å². The Morgan fingerprint density at radius 3 is 1.32 bits per heavy atom. The average Bonchev–Trinajstić information content (AvgIpc) is 3.61. The van der Waals surface area contributed by atoms with Gasteiger partial charge in [0, 0.05) is 38.4 Å². The summed E-state index contributed by atoms with van der Waals surface area (Å²) in [6.45, 7) is 0. The number of para-hydroxylation sites is 3. The van der Waals surface area contributed by atoms with Crippen molar-refractivity contribution in [2.24, 2.45) is 0 Å². The third-order valence-corrected chi connectivity index (χ3v) is 8.38. The smallest absolute Gasteiger partial charge is 0.238 e. The highest BCUT2D eigenvalue weighted by Crippen LogP contribution is 2.36. The molecule has 5 nitrogen and oxygen atoms in total. The van der Waals surface area contributed by atoms with Crippen LogP contribution < -0.4 is 0 Å². The van der Waals surface area contributed by atoms with Crippen molar-refractivity contribution in [3.8, 4) is 34.4 Å². The predicted molar refractivity (Wildman–Crippen MR) is 179 cm³/mol. The van der Waals surface area contributed by atoms with E-state index in [4.69, 9.17) is 15.0 Å². The first-order valence-electron chi connectivity index (χ1n) is 14.7. The third-order valence-electron chi connectivity index (χ3n) is 8.38. The Hall–Kier alpha value is -6.07. The molecule has 0 aliphatic heterocycles. The highest BCUT2D eigenvalue weighted by molar-refractivity contribution is 6.12. The van der Waals surface area contributed by atoms with E-state index in [1.165, 1.54) is 21.8 Å². The lowest BCUT2D eigenvalue weighted by molar-refractivity contribution is 0.953. The molecular formula is C39H25N5. The topological polar surface area (TPSA) is 48.5 Å². The second kappa shape index (κ2) is 9.75. The standard InChI is InChI=1S/C39H25N5/c1-3-13-26(14-4-1)37-40-38(27-15-5-2-6-16-27)42-39(41-37)44-35-22-12-9-19-31(35)32-25-28(23-24-36(32)44)43-33-20-10-7-17-29(33)30-18-8-11-21-34(30)43/h1-25H. The maximum absolute atomic E-state index is 5.06. The predicted octanol–water partition coefficient (Wildman–Crippen LogP) is 9.40. The molecule has 3 aromatic heterocycles. The molecule has 9 rings (SSSR count). The molecule has 0 fully saturated rings. The van der Waals surface area contributed by atoms with Gasteiger partial charge in [-0.2, -0.15) is 9.97 Å². The minimum atomic E-state index is 0.591. The van der Waals surface area contributed by atoms with Crippen molar-refractivity contribution in [3.05, 3.63) is 152 Å². The van der Waals surface area contributed by atoms with E-state index >= 15 is 0 Å². The summed E-state index contributed by atoms with van der Waals surface area (Å²) in [4.78, 5) is 15.0. The minimum absolute atomic E-state index is 0.591. The zero-order valence-electron chi connectivity index (χ0n) is 23.7. The summed E-state index contributed by atoms with van der Waals surface area (Å²) in [7, 11) is 0. The van der Waals surface area contributed by atoms with Crippen LogP contribution in [0.3, 0.4) is 0 Å². The summed E-state index contributed by atoms with van der Waals surface area (Å²) in [5, 5.41) is 4.78. The zero-order valence-corrected chi connectivity index (χ0v) is 23.7. The Labute approximate surface area is 253 Å². The van der Waals surface area contributed by atoms with Gasteiger partial charge >= 0.3 is 0 Å². The summed E-state index contributed by atoms with van der Waals surface area (Å²) >= 11 is 0. The number of rotatable bonds is 4. The molecule has 44 heavy (non-hydrogen) atoms. The van der Waals surface area contributed by atoms with Gasteiger partial charge in [-0.15, -0.1) is 0 Å². The Morgan fingerprint density at radius 1 is 0.341 bits per heavy atom. The van der Waals surface area contributed by atoms with Gasteiger partial charge in [0.15, 0.2) is 11.6 Å². The van der Waals surface area contributed by atoms with Crippen LogP contribution in [0.5, 0.6) is 0 Å². The number of benzene rings is 6. The largest absolute Gasteiger partial charge is 0.309 e. The first-order chi connectivity index (χ1) is 21.8. The van der Waals surface area contributed by atoms with E-state index in [0.717, 1.165) is 38.6 Å². The second-order valence-corrected chi connectivity index (χ2v) is 10.9. The normalized spacial score (nSPS) is 11.6. The molecular weight excluding hydrogens is 538 g/mol. The highest BCUT2D eigenvalue weighted by Gasteiger charge is 2.19. The average molecular weight is 564 g/mol. The van der Waals surface area contributed by atoms with E-state index in [0.29, 0.717) is 17.6 Å². The van der Waals surface area contributed by atoms with E-state index < -0.39 is 0 Å². The molecule has 0 saturated heterocycles. The highest BCUT2D eigenvalue weighted by atomic mass is 15.2. The molecule has 206 valence electrons. The van der Waals surface area contributed by atoms with Crippen LogP contribution in [0.2, 0.25) is 0 Å². The molecule has 9 aromatic rings. The first kappa shape index (κ1) is 24.5. The fourth-order valence-electron chi connectivity index (χ4n) is 6.41. The van der Waals surface area contributed by atoms with E-state index in [9.17, 15) is 0 Å². The first-order valence-corrected chi connectivity index (χ1v) is 14.7. The number of nitrogens with zero attached hydrogens (tertiary/aromatic N) is 5. The molecule has 0 radical (unpaired) electrons. The van der Waals surface area contributed by atoms with Crippen LogP contribution in [-0.4, -0.2) is 24.1 Å². The van der Waals surface area contributed by atoms with Gasteiger partial charge in [-0.25, -0.2) is 4.98 Å². The monoisotopic (exact) mass is 563 g/mol. The molecule has 0 amide bonds. The van der Waals surface area contributed by atoms with Crippen molar-refractivity contribution in [3.63, 3.8) is 0 Å². The molecule has 0 atom stereocenters. The van der Waals surface area contributed by atoms with Crippen molar-refractivity contribution >= 4 is 43.6 Å². The molecule has 0 aliphatic carbocycles. The van der Waals surface area contributed by atoms with Crippen molar-refractivity contribution < 1.29 is 0 Å². The maximum Gasteiger partial charge on any atom is 0.238 e. The summed E-state index contributed by atoms with van der Waals surface area (Å²) in [5.74, 6) is 1.87. The van der Waals surface area contributed by atoms with Crippen LogP contribution in [0.15, 0.2) is 152 Å². The Bertz CT molecular complexity index is 2380. The van der Waals surface area contributed by atoms with Gasteiger partial charge in [0.25, 0.3) is 0 Å². The molecule has 3 heterocycles. The Balaban J connectivity index is 1.32. The number of aromatic nitrogens is 5. The third kappa shape index (κ3) is 3.76. The van der Waals surface area contributed by atoms with Gasteiger partial charge in [-0.3, -0.25) is 4.57 Å². The van der Waals surface area contributed by atoms with E-state index in [-0.39, 0.29) is 0 Å². The number of hydrogen-bond donors (Lipinski definition) is 0. The van der Waals surface area contributed by atoms with Crippen molar-refractivity contribution in [1.29, 1.82) is 0 Å². The molecule has 0 N–H and O–H groups in total. The summed E-state index contributed by atoms with van der Waals surface area (Å²) < 4.78 is 4.53. The van der Waals surface area contributed by atoms with Crippen molar-refractivity contribution in [2.75, 3.05) is 0 Å². The zero-order chi connectivity index (χ0) is 29.0. The number of fused-ring (bicyclic) bond motifs is 6. The fourth-order valence-corrected chi connectivity index (χ4v) is 6.41. The van der Waals surface area contributed by atoms with Gasteiger partial charge in [0.2, 0.25) is 5.95 Å². The maximum atomic E-state index is 5.06. The molecule has 0 bridgehead atoms. The SMILES string of the molecule is c1ccc(-c2nc(-c3ccccc3)nc(-n3c4ccccc4c4cc(-n5c6ccccc6c6ccccc65)ccc43)n2)cc1. The van der Waals surface area contributed by atoms with Gasteiger partial charge in [-0.1, -0.05) is 115 Å². The lowest BCUT2D eigenvalue weighted by Gasteiger charge is -2.11. The molecule has 0 aliphatic rings. The van der Waals surface area contributed by atoms with Gasteiger partial charge in [0.05, 0.1) is 22.1 Å². The summed E-state index contributed by atoms with van der Waals surface area (Å²) in [6, 6.07) is 52.6. The van der Waals surface area contributed by atoms with Crippen molar-refractivity contribution in [2.45, 2.75) is 0 Å². The molecule has 5 heteroatoms. The van der Waals surface area contributed by atoms with Gasteiger partial charge in [-0.05, 0) is 36.4 Å². The van der Waals surface area contributed by atoms with Crippen LogP contribution in [0.1, 0.15) is 0 Å². The fraction of sp³-hybridized carbons (Fsp3) is 0. The van der Waals surface area contributed by atoms with Crippen LogP contribution in [0, 0.1) is 0 Å². The second-order valence-electron chi connectivity index (χ2n) is 10.9. The molecule has 0 saturated carbocycles. The van der Waals surface area contributed by atoms with Crippen LogP contribution >= 0.6 is 0 Å². The lowest BCUT2D eigenvalue weighted by Crippen LogP contribution is -2.06. The Kier molecular flexibility index (Phi) is 5.43. The lowest BCUT2D eigenvalue weighted by atomic mass is 10.1. The van der Waals surface area contributed by atoms with E-state index in [1.807, 2.05) is 60.7 Å². The summed E-state index contributed by atoms with van der Waals surface area (Å²) in [5.41, 5.74) is 7.48. The minimum Gasteiger partial charge on any atom is -0.309 e. The van der Waals surface area contributed by atoms with Gasteiger partial charge < -0.3 is 4.57 Å². The van der Waals surface area contributed by atoms with E-state index in [2.05, 4.69) is 100 Å². The van der Waals surface area contributed by atoms with Gasteiger partial charge in [0.1, 0.15) is 0 Å². The van der Waals surface area contributed by atoms with Crippen LogP contribution in [0.4, 0.5) is 0 Å². The van der Waals surface area contributed by atoms with Crippen LogP contribution in [-0.2, 0) is 0 Å². The van der Waals surface area contributed by atoms with E-state index in [1.54, 1.807) is 0 Å². The molecule has 6 aromatic carbocycles. The summed E-state index contributed by atoms with van der Waals surface area (Å²) in [6.07, 6.45) is 0. The quantitative estimate of drug-likeness (QED) is 0.214.